The smallest absolute Gasteiger partial charge is 0.123 e. The lowest BCUT2D eigenvalue weighted by atomic mass is 10.1. The minimum absolute atomic E-state index is 0.353. The predicted octanol–water partition coefficient (Wildman–Crippen LogP) is 1.74. The first kappa shape index (κ1) is 13.8. The van der Waals surface area contributed by atoms with Crippen LogP contribution in [0.3, 0.4) is 0 Å². The minimum Gasteiger partial charge on any atom is -0.496 e. The van der Waals surface area contributed by atoms with Crippen LogP contribution >= 0.6 is 0 Å². The molecule has 1 atom stereocenters. The Morgan fingerprint density at radius 3 is 2.65 bits per heavy atom. The van der Waals surface area contributed by atoms with Gasteiger partial charge in [0, 0.05) is 30.9 Å². The van der Waals surface area contributed by atoms with Crippen molar-refractivity contribution in [1.29, 1.82) is 0 Å². The van der Waals surface area contributed by atoms with E-state index in [9.17, 15) is 0 Å². The van der Waals surface area contributed by atoms with E-state index < -0.39 is 0 Å². The number of likely N-dealkylation sites (N-methyl/N-ethyl adjacent to an activating group) is 1. The van der Waals surface area contributed by atoms with Crippen molar-refractivity contribution in [2.24, 2.45) is 0 Å². The number of ether oxygens (including phenoxy) is 2. The number of hydrogen-bond acceptors (Lipinski definition) is 4. The number of anilines is 1. The highest BCUT2D eigenvalue weighted by Crippen LogP contribution is 2.22. The average molecular weight is 238 g/mol. The SMILES string of the molecule is COCC(C)N(C)Cc1cc(N)ccc1OC. The van der Waals surface area contributed by atoms with E-state index in [-0.39, 0.29) is 0 Å². The van der Waals surface area contributed by atoms with Gasteiger partial charge >= 0.3 is 0 Å². The van der Waals surface area contributed by atoms with Crippen molar-refractivity contribution >= 4 is 5.69 Å². The number of nitrogen functional groups attached to an aromatic ring is 1. The number of nitrogens with zero attached hydrogens (tertiary/aromatic N) is 1. The van der Waals surface area contributed by atoms with E-state index >= 15 is 0 Å². The summed E-state index contributed by atoms with van der Waals surface area (Å²) in [5, 5.41) is 0. The molecule has 1 unspecified atom stereocenters. The molecule has 1 rings (SSSR count). The summed E-state index contributed by atoms with van der Waals surface area (Å²) in [7, 11) is 5.45. The van der Waals surface area contributed by atoms with Crippen molar-refractivity contribution in [1.82, 2.24) is 4.90 Å². The third-order valence-corrected chi connectivity index (χ3v) is 2.88. The molecule has 0 fully saturated rings. The van der Waals surface area contributed by atoms with Gasteiger partial charge in [0.15, 0.2) is 0 Å². The van der Waals surface area contributed by atoms with Crippen LogP contribution < -0.4 is 10.5 Å². The van der Waals surface area contributed by atoms with Gasteiger partial charge in [-0.05, 0) is 32.2 Å². The van der Waals surface area contributed by atoms with Gasteiger partial charge in [0.05, 0.1) is 13.7 Å². The third kappa shape index (κ3) is 3.91. The molecule has 0 saturated carbocycles. The van der Waals surface area contributed by atoms with Crippen LogP contribution in [0.5, 0.6) is 5.75 Å². The monoisotopic (exact) mass is 238 g/mol. The first-order valence-electron chi connectivity index (χ1n) is 5.70. The molecule has 0 spiro atoms. The molecule has 0 aliphatic rings. The average Bonchev–Trinajstić information content (AvgIpc) is 2.29. The number of hydrogen-bond donors (Lipinski definition) is 1. The topological polar surface area (TPSA) is 47.7 Å². The second-order valence-corrected chi connectivity index (χ2v) is 4.29. The lowest BCUT2D eigenvalue weighted by molar-refractivity contribution is 0.111. The number of rotatable bonds is 6. The summed E-state index contributed by atoms with van der Waals surface area (Å²) in [6, 6.07) is 6.06. The second-order valence-electron chi connectivity index (χ2n) is 4.29. The Labute approximate surface area is 103 Å². The molecule has 0 saturated heterocycles. The summed E-state index contributed by atoms with van der Waals surface area (Å²) in [5.74, 6) is 0.871. The Morgan fingerprint density at radius 1 is 1.35 bits per heavy atom. The summed E-state index contributed by atoms with van der Waals surface area (Å²) >= 11 is 0. The normalized spacial score (nSPS) is 12.8. The molecule has 4 nitrogen and oxygen atoms in total. The van der Waals surface area contributed by atoms with Crippen molar-refractivity contribution in [3.8, 4) is 5.75 Å². The molecule has 0 amide bonds. The molecular weight excluding hydrogens is 216 g/mol. The van der Waals surface area contributed by atoms with Gasteiger partial charge < -0.3 is 15.2 Å². The fourth-order valence-corrected chi connectivity index (χ4v) is 1.72. The minimum atomic E-state index is 0.353. The number of benzene rings is 1. The van der Waals surface area contributed by atoms with E-state index in [1.165, 1.54) is 0 Å². The maximum atomic E-state index is 5.79. The van der Waals surface area contributed by atoms with Crippen molar-refractivity contribution in [3.05, 3.63) is 23.8 Å². The van der Waals surface area contributed by atoms with Crippen LogP contribution in [0.1, 0.15) is 12.5 Å². The van der Waals surface area contributed by atoms with Crippen LogP contribution in [0.2, 0.25) is 0 Å². The third-order valence-electron chi connectivity index (χ3n) is 2.88. The highest BCUT2D eigenvalue weighted by molar-refractivity contribution is 5.47. The second kappa shape index (κ2) is 6.47. The first-order chi connectivity index (χ1) is 8.08. The molecule has 0 aliphatic heterocycles. The fourth-order valence-electron chi connectivity index (χ4n) is 1.72. The van der Waals surface area contributed by atoms with Gasteiger partial charge in [0.1, 0.15) is 5.75 Å². The van der Waals surface area contributed by atoms with E-state index in [2.05, 4.69) is 18.9 Å². The van der Waals surface area contributed by atoms with Crippen LogP contribution in [-0.2, 0) is 11.3 Å². The molecule has 0 radical (unpaired) electrons. The fraction of sp³-hybridized carbons (Fsp3) is 0.538. The highest BCUT2D eigenvalue weighted by Gasteiger charge is 2.12. The van der Waals surface area contributed by atoms with E-state index in [0.717, 1.165) is 23.5 Å². The Hall–Kier alpha value is -1.26. The van der Waals surface area contributed by atoms with Crippen molar-refractivity contribution < 1.29 is 9.47 Å². The number of nitrogens with two attached hydrogens (primary N) is 1. The largest absolute Gasteiger partial charge is 0.496 e. The lowest BCUT2D eigenvalue weighted by Crippen LogP contribution is -2.32. The summed E-state index contributed by atoms with van der Waals surface area (Å²) in [6.07, 6.45) is 0. The van der Waals surface area contributed by atoms with Crippen molar-refractivity contribution in [3.63, 3.8) is 0 Å². The van der Waals surface area contributed by atoms with Gasteiger partial charge in [0.2, 0.25) is 0 Å². The molecular formula is C13H22N2O2. The van der Waals surface area contributed by atoms with Gasteiger partial charge in [-0.15, -0.1) is 0 Å². The Kier molecular flexibility index (Phi) is 5.25. The van der Waals surface area contributed by atoms with Crippen molar-refractivity contribution in [2.45, 2.75) is 19.5 Å². The van der Waals surface area contributed by atoms with Gasteiger partial charge in [-0.3, -0.25) is 4.90 Å². The number of methoxy groups -OCH3 is 2. The van der Waals surface area contributed by atoms with Gasteiger partial charge in [-0.1, -0.05) is 0 Å². The maximum Gasteiger partial charge on any atom is 0.123 e. The quantitative estimate of drug-likeness (QED) is 0.767. The van der Waals surface area contributed by atoms with Crippen LogP contribution in [0.4, 0.5) is 5.69 Å². The van der Waals surface area contributed by atoms with Crippen LogP contribution in [0.15, 0.2) is 18.2 Å². The van der Waals surface area contributed by atoms with Gasteiger partial charge in [-0.2, -0.15) is 0 Å². The summed E-state index contributed by atoms with van der Waals surface area (Å²) in [6.45, 7) is 3.63. The zero-order valence-electron chi connectivity index (χ0n) is 11.1. The van der Waals surface area contributed by atoms with Crippen LogP contribution in [0.25, 0.3) is 0 Å². The Morgan fingerprint density at radius 2 is 2.06 bits per heavy atom. The Balaban J connectivity index is 2.76. The van der Waals surface area contributed by atoms with E-state index in [1.54, 1.807) is 14.2 Å². The maximum absolute atomic E-state index is 5.79. The molecule has 1 aromatic carbocycles. The molecule has 0 aliphatic carbocycles. The molecule has 4 heteroatoms. The predicted molar refractivity (Wildman–Crippen MR) is 70.2 cm³/mol. The zero-order chi connectivity index (χ0) is 12.8. The van der Waals surface area contributed by atoms with E-state index in [1.807, 2.05) is 18.2 Å². The van der Waals surface area contributed by atoms with E-state index in [0.29, 0.717) is 12.6 Å². The lowest BCUT2D eigenvalue weighted by Gasteiger charge is -2.24. The van der Waals surface area contributed by atoms with Crippen LogP contribution in [0, 0.1) is 0 Å². The molecule has 0 bridgehead atoms. The molecule has 0 aromatic heterocycles. The first-order valence-corrected chi connectivity index (χ1v) is 5.70. The van der Waals surface area contributed by atoms with Crippen LogP contribution in [-0.4, -0.2) is 38.8 Å². The summed E-state index contributed by atoms with van der Waals surface area (Å²) in [4.78, 5) is 2.21. The Bertz CT molecular complexity index is 355. The molecule has 96 valence electrons. The van der Waals surface area contributed by atoms with Crippen molar-refractivity contribution in [2.75, 3.05) is 33.6 Å². The van der Waals surface area contributed by atoms with Gasteiger partial charge in [0.25, 0.3) is 0 Å². The molecule has 2 N–H and O–H groups in total. The molecule has 0 heterocycles. The standard InChI is InChI=1S/C13H22N2O2/c1-10(9-16-3)15(2)8-11-7-12(14)5-6-13(11)17-4/h5-7,10H,8-9,14H2,1-4H3. The molecule has 17 heavy (non-hydrogen) atoms. The highest BCUT2D eigenvalue weighted by atomic mass is 16.5. The summed E-state index contributed by atoms with van der Waals surface area (Å²) in [5.41, 5.74) is 7.65. The molecule has 1 aromatic rings. The van der Waals surface area contributed by atoms with Gasteiger partial charge in [-0.25, -0.2) is 0 Å². The summed E-state index contributed by atoms with van der Waals surface area (Å²) < 4.78 is 10.5. The zero-order valence-corrected chi connectivity index (χ0v) is 11.1. The van der Waals surface area contributed by atoms with E-state index in [4.69, 9.17) is 15.2 Å².